The standard InChI is InChI=1S/C11H10FN5O4/c12-7-1-2-10(9(5-7)17(19)20)21-6-16-4-3-8(15-16)11(18)14-13/h1-5H,6,13H2,(H,14,18). The number of halogens is 1. The summed E-state index contributed by atoms with van der Waals surface area (Å²) in [7, 11) is 0. The van der Waals surface area contributed by atoms with Crippen LogP contribution in [0.15, 0.2) is 30.5 Å². The zero-order chi connectivity index (χ0) is 15.4. The number of nitro benzene ring substituents is 1. The van der Waals surface area contributed by atoms with Crippen LogP contribution in [0, 0.1) is 15.9 Å². The van der Waals surface area contributed by atoms with E-state index in [-0.39, 0.29) is 18.2 Å². The van der Waals surface area contributed by atoms with Gasteiger partial charge in [-0.1, -0.05) is 0 Å². The van der Waals surface area contributed by atoms with Gasteiger partial charge in [-0.3, -0.25) is 20.3 Å². The molecule has 0 radical (unpaired) electrons. The van der Waals surface area contributed by atoms with Gasteiger partial charge in [0.15, 0.2) is 18.2 Å². The molecule has 0 saturated carbocycles. The Kier molecular flexibility index (Phi) is 4.09. The van der Waals surface area contributed by atoms with Crippen LogP contribution in [0.3, 0.4) is 0 Å². The summed E-state index contributed by atoms with van der Waals surface area (Å²) < 4.78 is 19.4. The average molecular weight is 295 g/mol. The summed E-state index contributed by atoms with van der Waals surface area (Å²) in [4.78, 5) is 21.2. The molecule has 2 rings (SSSR count). The summed E-state index contributed by atoms with van der Waals surface area (Å²) >= 11 is 0. The Balaban J connectivity index is 2.11. The number of ether oxygens (including phenoxy) is 1. The van der Waals surface area contributed by atoms with Crippen LogP contribution in [-0.2, 0) is 6.73 Å². The highest BCUT2D eigenvalue weighted by atomic mass is 19.1. The van der Waals surface area contributed by atoms with Gasteiger partial charge in [-0.2, -0.15) is 5.10 Å². The van der Waals surface area contributed by atoms with Gasteiger partial charge in [-0.25, -0.2) is 14.9 Å². The predicted octanol–water partition coefficient (Wildman–Crippen LogP) is 0.570. The van der Waals surface area contributed by atoms with Gasteiger partial charge >= 0.3 is 5.69 Å². The number of aromatic nitrogens is 2. The second-order valence-electron chi connectivity index (χ2n) is 3.86. The molecule has 0 aliphatic rings. The molecule has 3 N–H and O–H groups in total. The Morgan fingerprint density at radius 1 is 1.52 bits per heavy atom. The van der Waals surface area contributed by atoms with E-state index in [1.165, 1.54) is 16.9 Å². The molecule has 10 heteroatoms. The quantitative estimate of drug-likeness (QED) is 0.359. The van der Waals surface area contributed by atoms with E-state index in [4.69, 9.17) is 10.6 Å². The Labute approximate surface area is 117 Å². The molecular formula is C11H10FN5O4. The summed E-state index contributed by atoms with van der Waals surface area (Å²) in [6.07, 6.45) is 1.43. The lowest BCUT2D eigenvalue weighted by atomic mass is 10.3. The maximum atomic E-state index is 13.0. The smallest absolute Gasteiger partial charge is 0.313 e. The molecule has 0 saturated heterocycles. The van der Waals surface area contributed by atoms with E-state index in [1.807, 2.05) is 5.43 Å². The zero-order valence-corrected chi connectivity index (χ0v) is 10.5. The van der Waals surface area contributed by atoms with Crippen molar-refractivity contribution in [2.75, 3.05) is 0 Å². The number of nitrogens with one attached hydrogen (secondary N) is 1. The topological polar surface area (TPSA) is 125 Å². The van der Waals surface area contributed by atoms with Gasteiger partial charge in [0.25, 0.3) is 5.91 Å². The molecule has 1 aromatic carbocycles. The highest BCUT2D eigenvalue weighted by Crippen LogP contribution is 2.27. The van der Waals surface area contributed by atoms with Gasteiger partial charge in [0.2, 0.25) is 0 Å². The Bertz CT molecular complexity index is 687. The lowest BCUT2D eigenvalue weighted by Crippen LogP contribution is -2.30. The molecule has 0 aliphatic carbocycles. The van der Waals surface area contributed by atoms with Crippen LogP contribution in [0.5, 0.6) is 5.75 Å². The number of nitrogens with zero attached hydrogens (tertiary/aromatic N) is 3. The number of nitro groups is 1. The van der Waals surface area contributed by atoms with Crippen LogP contribution >= 0.6 is 0 Å². The van der Waals surface area contributed by atoms with E-state index < -0.39 is 22.3 Å². The van der Waals surface area contributed by atoms with E-state index in [0.29, 0.717) is 0 Å². The number of carbonyl (C=O) groups is 1. The lowest BCUT2D eigenvalue weighted by Gasteiger charge is -2.06. The minimum Gasteiger partial charge on any atom is -0.464 e. The summed E-state index contributed by atoms with van der Waals surface area (Å²) in [5.74, 6) is 3.52. The first-order valence-electron chi connectivity index (χ1n) is 5.62. The van der Waals surface area contributed by atoms with Crippen LogP contribution in [0.25, 0.3) is 0 Å². The maximum absolute atomic E-state index is 13.0. The van der Waals surface area contributed by atoms with Crippen molar-refractivity contribution in [1.82, 2.24) is 15.2 Å². The molecule has 21 heavy (non-hydrogen) atoms. The highest BCUT2D eigenvalue weighted by Gasteiger charge is 2.16. The lowest BCUT2D eigenvalue weighted by molar-refractivity contribution is -0.386. The van der Waals surface area contributed by atoms with Crippen LogP contribution in [-0.4, -0.2) is 20.6 Å². The molecule has 9 nitrogen and oxygen atoms in total. The highest BCUT2D eigenvalue weighted by molar-refractivity contribution is 5.91. The Morgan fingerprint density at radius 3 is 2.95 bits per heavy atom. The van der Waals surface area contributed by atoms with Gasteiger partial charge < -0.3 is 4.74 Å². The van der Waals surface area contributed by atoms with E-state index in [1.54, 1.807) is 0 Å². The van der Waals surface area contributed by atoms with Crippen molar-refractivity contribution in [1.29, 1.82) is 0 Å². The Hall–Kier alpha value is -3.01. The molecule has 0 atom stereocenters. The summed E-state index contributed by atoms with van der Waals surface area (Å²) in [5.41, 5.74) is 1.48. The fourth-order valence-electron chi connectivity index (χ4n) is 1.52. The van der Waals surface area contributed by atoms with Gasteiger partial charge in [0, 0.05) is 6.20 Å². The third kappa shape index (κ3) is 3.30. The zero-order valence-electron chi connectivity index (χ0n) is 10.5. The molecule has 1 amide bonds. The predicted molar refractivity (Wildman–Crippen MR) is 67.6 cm³/mol. The molecule has 0 fully saturated rings. The number of hydrogen-bond acceptors (Lipinski definition) is 6. The molecule has 1 aromatic heterocycles. The van der Waals surface area contributed by atoms with Crippen LogP contribution < -0.4 is 16.0 Å². The minimum absolute atomic E-state index is 0.0645. The third-order valence-electron chi connectivity index (χ3n) is 2.47. The van der Waals surface area contributed by atoms with Crippen molar-refractivity contribution in [3.63, 3.8) is 0 Å². The number of nitrogens with two attached hydrogens (primary N) is 1. The molecule has 0 bridgehead atoms. The fourth-order valence-corrected chi connectivity index (χ4v) is 1.52. The number of amides is 1. The monoisotopic (exact) mass is 295 g/mol. The average Bonchev–Trinajstić information content (AvgIpc) is 2.93. The van der Waals surface area contributed by atoms with Gasteiger partial charge in [-0.05, 0) is 18.2 Å². The molecular weight excluding hydrogens is 285 g/mol. The normalized spacial score (nSPS) is 10.2. The molecule has 110 valence electrons. The first kappa shape index (κ1) is 14.4. The summed E-state index contributed by atoms with van der Waals surface area (Å²) in [6.45, 7) is -0.190. The van der Waals surface area contributed by atoms with Crippen molar-refractivity contribution >= 4 is 11.6 Å². The maximum Gasteiger partial charge on any atom is 0.313 e. The summed E-state index contributed by atoms with van der Waals surface area (Å²) in [5, 5.41) is 14.6. The molecule has 0 unspecified atom stereocenters. The first-order valence-corrected chi connectivity index (χ1v) is 5.62. The largest absolute Gasteiger partial charge is 0.464 e. The second-order valence-corrected chi connectivity index (χ2v) is 3.86. The van der Waals surface area contributed by atoms with Crippen molar-refractivity contribution in [2.45, 2.75) is 6.73 Å². The van der Waals surface area contributed by atoms with Gasteiger partial charge in [0.05, 0.1) is 11.0 Å². The first-order chi connectivity index (χ1) is 10.0. The van der Waals surface area contributed by atoms with Crippen LogP contribution in [0.1, 0.15) is 10.5 Å². The van der Waals surface area contributed by atoms with E-state index in [2.05, 4.69) is 5.10 Å². The SMILES string of the molecule is NNC(=O)c1ccn(COc2ccc(F)cc2[N+](=O)[O-])n1. The van der Waals surface area contributed by atoms with Gasteiger partial charge in [-0.15, -0.1) is 0 Å². The van der Waals surface area contributed by atoms with Crippen molar-refractivity contribution in [3.8, 4) is 5.75 Å². The Morgan fingerprint density at radius 2 is 2.29 bits per heavy atom. The summed E-state index contributed by atoms with van der Waals surface area (Å²) in [6, 6.07) is 4.33. The van der Waals surface area contributed by atoms with Crippen LogP contribution in [0.2, 0.25) is 0 Å². The number of rotatable bonds is 5. The van der Waals surface area contributed by atoms with E-state index >= 15 is 0 Å². The van der Waals surface area contributed by atoms with E-state index in [0.717, 1.165) is 18.2 Å². The molecule has 0 spiro atoms. The molecule has 2 aromatic rings. The number of hydrazine groups is 1. The molecule has 1 heterocycles. The van der Waals surface area contributed by atoms with Crippen molar-refractivity contribution in [3.05, 3.63) is 52.1 Å². The number of nitrogen functional groups attached to an aromatic ring is 1. The van der Waals surface area contributed by atoms with Gasteiger partial charge in [0.1, 0.15) is 5.82 Å². The second kappa shape index (κ2) is 5.96. The minimum atomic E-state index is -0.755. The number of carbonyl (C=O) groups excluding carboxylic acids is 1. The number of hydrogen-bond donors (Lipinski definition) is 2. The van der Waals surface area contributed by atoms with Crippen molar-refractivity contribution in [2.24, 2.45) is 5.84 Å². The third-order valence-corrected chi connectivity index (χ3v) is 2.47. The fraction of sp³-hybridized carbons (Fsp3) is 0.0909. The van der Waals surface area contributed by atoms with Crippen LogP contribution in [0.4, 0.5) is 10.1 Å². The van der Waals surface area contributed by atoms with E-state index in [9.17, 15) is 19.3 Å². The number of benzene rings is 1. The van der Waals surface area contributed by atoms with Crippen molar-refractivity contribution < 1.29 is 18.8 Å². The molecule has 0 aliphatic heterocycles.